The fourth-order valence-electron chi connectivity index (χ4n) is 4.31. The lowest BCUT2D eigenvalue weighted by Crippen LogP contribution is -2.36. The first kappa shape index (κ1) is 19.6. The molecular weight excluding hydrogens is 387 g/mol. The molecule has 5 nitrogen and oxygen atoms in total. The summed E-state index contributed by atoms with van der Waals surface area (Å²) in [5.74, 6) is -1.25. The second-order valence-corrected chi connectivity index (χ2v) is 7.39. The van der Waals surface area contributed by atoms with Gasteiger partial charge in [-0.3, -0.25) is 0 Å². The number of anilines is 1. The first-order valence-electron chi connectivity index (χ1n) is 9.34. The molecule has 2 aliphatic heterocycles. The van der Waals surface area contributed by atoms with Gasteiger partial charge in [-0.15, -0.1) is 13.2 Å². The van der Waals surface area contributed by atoms with E-state index in [1.807, 2.05) is 6.92 Å². The van der Waals surface area contributed by atoms with Gasteiger partial charge in [0, 0.05) is 23.8 Å². The van der Waals surface area contributed by atoms with Crippen molar-refractivity contribution in [2.24, 2.45) is 5.92 Å². The monoisotopic (exact) mass is 407 g/mol. The second-order valence-electron chi connectivity index (χ2n) is 7.39. The SMILES string of the molecule is Cc1cc(C(=O)O)ccc1[C@H]1Nc2ccc(OC(F)(F)F)cc2[C@@H]2OCCC[C@H]12. The molecule has 0 aromatic heterocycles. The Hall–Kier alpha value is -2.74. The molecule has 4 rings (SSSR count). The molecule has 2 N–H and O–H groups in total. The van der Waals surface area contributed by atoms with E-state index in [0.717, 1.165) is 24.0 Å². The van der Waals surface area contributed by atoms with Gasteiger partial charge in [-0.25, -0.2) is 4.79 Å². The molecule has 0 spiro atoms. The maximum atomic E-state index is 12.6. The highest BCUT2D eigenvalue weighted by Crippen LogP contribution is 2.50. The largest absolute Gasteiger partial charge is 0.573 e. The number of hydrogen-bond donors (Lipinski definition) is 2. The minimum Gasteiger partial charge on any atom is -0.478 e. The Labute approximate surface area is 165 Å². The highest BCUT2D eigenvalue weighted by Gasteiger charge is 2.41. The zero-order valence-corrected chi connectivity index (χ0v) is 15.6. The van der Waals surface area contributed by atoms with E-state index in [0.29, 0.717) is 17.9 Å². The summed E-state index contributed by atoms with van der Waals surface area (Å²) in [6.07, 6.45) is -3.43. The van der Waals surface area contributed by atoms with Crippen molar-refractivity contribution in [3.05, 3.63) is 58.7 Å². The Balaban J connectivity index is 1.72. The van der Waals surface area contributed by atoms with Gasteiger partial charge in [-0.05, 0) is 61.2 Å². The van der Waals surface area contributed by atoms with Crippen LogP contribution in [0.3, 0.4) is 0 Å². The molecule has 154 valence electrons. The van der Waals surface area contributed by atoms with Gasteiger partial charge in [0.15, 0.2) is 0 Å². The molecule has 2 aromatic rings. The number of nitrogens with one attached hydrogen (secondary N) is 1. The van der Waals surface area contributed by atoms with Crippen molar-refractivity contribution in [1.29, 1.82) is 0 Å². The number of ether oxygens (including phenoxy) is 2. The van der Waals surface area contributed by atoms with Crippen molar-refractivity contribution in [1.82, 2.24) is 0 Å². The average Bonchev–Trinajstić information content (AvgIpc) is 2.66. The van der Waals surface area contributed by atoms with Gasteiger partial charge in [0.1, 0.15) is 5.75 Å². The molecule has 29 heavy (non-hydrogen) atoms. The summed E-state index contributed by atoms with van der Waals surface area (Å²) in [5, 5.41) is 12.6. The number of carboxylic acids is 1. The van der Waals surface area contributed by atoms with Crippen molar-refractivity contribution in [3.63, 3.8) is 0 Å². The number of aryl methyl sites for hydroxylation is 1. The van der Waals surface area contributed by atoms with E-state index < -0.39 is 12.3 Å². The Morgan fingerprint density at radius 3 is 2.69 bits per heavy atom. The molecule has 0 unspecified atom stereocenters. The van der Waals surface area contributed by atoms with Crippen LogP contribution < -0.4 is 10.1 Å². The molecule has 2 aromatic carbocycles. The van der Waals surface area contributed by atoms with Gasteiger partial charge >= 0.3 is 12.3 Å². The molecule has 1 fully saturated rings. The summed E-state index contributed by atoms with van der Waals surface area (Å²) < 4.78 is 47.9. The van der Waals surface area contributed by atoms with Crippen LogP contribution in [0.15, 0.2) is 36.4 Å². The maximum Gasteiger partial charge on any atom is 0.573 e. The molecule has 0 saturated carbocycles. The van der Waals surface area contributed by atoms with E-state index in [9.17, 15) is 23.1 Å². The summed E-state index contributed by atoms with van der Waals surface area (Å²) in [6.45, 7) is 2.40. The number of rotatable bonds is 3. The molecular formula is C21H20F3NO4. The smallest absolute Gasteiger partial charge is 0.478 e. The molecule has 1 saturated heterocycles. The standard InChI is InChI=1S/C21H20F3NO4/c1-11-9-12(20(26)27)4-6-14(11)18-15-3-2-8-28-19(15)16-10-13(29-21(22,23)24)5-7-17(16)25-18/h4-7,9-10,15,18-19,25H,2-3,8H2,1H3,(H,26,27)/t15-,18-,19-/m1/s1. The molecule has 0 amide bonds. The third-order valence-corrected chi connectivity index (χ3v) is 5.52. The molecule has 0 bridgehead atoms. The number of halogens is 3. The quantitative estimate of drug-likeness (QED) is 0.730. The lowest BCUT2D eigenvalue weighted by molar-refractivity contribution is -0.274. The number of hydrogen-bond acceptors (Lipinski definition) is 4. The first-order valence-corrected chi connectivity index (χ1v) is 9.34. The fraction of sp³-hybridized carbons (Fsp3) is 0.381. The van der Waals surface area contributed by atoms with E-state index in [2.05, 4.69) is 10.1 Å². The predicted molar refractivity (Wildman–Crippen MR) is 99.0 cm³/mol. The highest BCUT2D eigenvalue weighted by atomic mass is 19.4. The summed E-state index contributed by atoms with van der Waals surface area (Å²) in [6, 6.07) is 9.10. The lowest BCUT2D eigenvalue weighted by Gasteiger charge is -2.44. The normalized spacial score (nSPS) is 23.5. The number of carbonyl (C=O) groups is 1. The van der Waals surface area contributed by atoms with Gasteiger partial charge in [-0.2, -0.15) is 0 Å². The fourth-order valence-corrected chi connectivity index (χ4v) is 4.31. The van der Waals surface area contributed by atoms with Crippen LogP contribution in [0.4, 0.5) is 18.9 Å². The molecule has 8 heteroatoms. The van der Waals surface area contributed by atoms with Crippen LogP contribution in [0.25, 0.3) is 0 Å². The van der Waals surface area contributed by atoms with E-state index in [1.165, 1.54) is 12.1 Å². The van der Waals surface area contributed by atoms with E-state index in [4.69, 9.17) is 4.74 Å². The minimum absolute atomic E-state index is 0.00626. The lowest BCUT2D eigenvalue weighted by atomic mass is 9.76. The highest BCUT2D eigenvalue weighted by molar-refractivity contribution is 5.88. The third kappa shape index (κ3) is 3.89. The van der Waals surface area contributed by atoms with E-state index in [-0.39, 0.29) is 29.4 Å². The molecule has 0 aliphatic carbocycles. The van der Waals surface area contributed by atoms with Crippen molar-refractivity contribution in [3.8, 4) is 5.75 Å². The van der Waals surface area contributed by atoms with Crippen LogP contribution in [0.2, 0.25) is 0 Å². The predicted octanol–water partition coefficient (Wildman–Crippen LogP) is 5.23. The first-order chi connectivity index (χ1) is 13.7. The van der Waals surface area contributed by atoms with Crippen molar-refractivity contribution in [2.45, 2.75) is 38.3 Å². The third-order valence-electron chi connectivity index (χ3n) is 5.52. The van der Waals surface area contributed by atoms with Gasteiger partial charge < -0.3 is 19.9 Å². The van der Waals surface area contributed by atoms with E-state index >= 15 is 0 Å². The van der Waals surface area contributed by atoms with Gasteiger partial charge in [-0.1, -0.05) is 6.07 Å². The zero-order valence-electron chi connectivity index (χ0n) is 15.6. The molecule has 2 aliphatic rings. The molecule has 0 radical (unpaired) electrons. The second kappa shape index (κ2) is 7.26. The zero-order chi connectivity index (χ0) is 20.8. The van der Waals surface area contributed by atoms with Crippen LogP contribution in [-0.2, 0) is 4.74 Å². The molecule has 2 heterocycles. The summed E-state index contributed by atoms with van der Waals surface area (Å²) in [4.78, 5) is 11.2. The number of alkyl halides is 3. The maximum absolute atomic E-state index is 12.6. The van der Waals surface area contributed by atoms with Crippen molar-refractivity contribution in [2.75, 3.05) is 11.9 Å². The van der Waals surface area contributed by atoms with Gasteiger partial charge in [0.2, 0.25) is 0 Å². The topological polar surface area (TPSA) is 67.8 Å². The number of aromatic carboxylic acids is 1. The van der Waals surface area contributed by atoms with Crippen LogP contribution >= 0.6 is 0 Å². The molecule has 3 atom stereocenters. The Morgan fingerprint density at radius 1 is 1.21 bits per heavy atom. The van der Waals surface area contributed by atoms with Gasteiger partial charge in [0.05, 0.1) is 17.7 Å². The van der Waals surface area contributed by atoms with Crippen LogP contribution in [0, 0.1) is 12.8 Å². The van der Waals surface area contributed by atoms with Crippen molar-refractivity contribution >= 4 is 11.7 Å². The Morgan fingerprint density at radius 2 is 2.00 bits per heavy atom. The Bertz CT molecular complexity index is 944. The van der Waals surface area contributed by atoms with Crippen LogP contribution in [0.1, 0.15) is 52.0 Å². The summed E-state index contributed by atoms with van der Waals surface area (Å²) in [5.41, 5.74) is 3.35. The van der Waals surface area contributed by atoms with E-state index in [1.54, 1.807) is 24.3 Å². The Kier molecular flexibility index (Phi) is 4.90. The summed E-state index contributed by atoms with van der Waals surface area (Å²) >= 11 is 0. The minimum atomic E-state index is -4.76. The number of carboxylic acid groups (broad SMARTS) is 1. The van der Waals surface area contributed by atoms with Crippen LogP contribution in [-0.4, -0.2) is 24.0 Å². The number of benzene rings is 2. The van der Waals surface area contributed by atoms with Crippen LogP contribution in [0.5, 0.6) is 5.75 Å². The number of fused-ring (bicyclic) bond motifs is 3. The average molecular weight is 407 g/mol. The summed E-state index contributed by atoms with van der Waals surface area (Å²) in [7, 11) is 0. The van der Waals surface area contributed by atoms with Gasteiger partial charge in [0.25, 0.3) is 0 Å². The van der Waals surface area contributed by atoms with Crippen molar-refractivity contribution < 1.29 is 32.5 Å².